The zero-order valence-corrected chi connectivity index (χ0v) is 20.0. The van der Waals surface area contributed by atoms with Crippen LogP contribution >= 0.6 is 11.6 Å². The van der Waals surface area contributed by atoms with Crippen molar-refractivity contribution in [2.45, 2.75) is 18.2 Å². The average Bonchev–Trinajstić information content (AvgIpc) is 3.24. The van der Waals surface area contributed by atoms with E-state index in [2.05, 4.69) is 10.5 Å². The zero-order chi connectivity index (χ0) is 24.2. The summed E-state index contributed by atoms with van der Waals surface area (Å²) in [5.74, 6) is 0.314. The number of carbonyl (C=O) groups is 1. The number of nitrogens with one attached hydrogen (secondary N) is 1. The van der Waals surface area contributed by atoms with E-state index in [1.54, 1.807) is 25.1 Å². The Balaban J connectivity index is 1.80. The maximum Gasteiger partial charge on any atom is 0.225 e. The first-order valence-corrected chi connectivity index (χ1v) is 11.8. The summed E-state index contributed by atoms with van der Waals surface area (Å²) in [5, 5.41) is 6.62. The second-order valence-corrected chi connectivity index (χ2v) is 9.49. The monoisotopic (exact) mass is 494 g/mol. The molecule has 0 aliphatic rings. The number of halogens is 1. The fourth-order valence-corrected chi connectivity index (χ4v) is 4.76. The maximum absolute atomic E-state index is 13.1. The standard InChI is InChI=1S/C22H23ClN2O7S/c1-13-9-18(32-25-13)14-5-6-17(30-3)20(10-14)33(27,28)8-7-21(26)24-22-16(23)11-15(29-2)12-19(22)31-4/h5-6,9-12H,7-8H2,1-4H3,(H,24,26). The van der Waals surface area contributed by atoms with Crippen LogP contribution < -0.4 is 19.5 Å². The Morgan fingerprint density at radius 1 is 1.06 bits per heavy atom. The highest BCUT2D eigenvalue weighted by Gasteiger charge is 2.23. The van der Waals surface area contributed by atoms with Crippen LogP contribution in [0.25, 0.3) is 11.3 Å². The molecule has 11 heteroatoms. The fourth-order valence-electron chi connectivity index (χ4n) is 3.07. The molecule has 1 heterocycles. The van der Waals surface area contributed by atoms with Gasteiger partial charge in [-0.1, -0.05) is 16.8 Å². The number of methoxy groups -OCH3 is 3. The first-order valence-electron chi connectivity index (χ1n) is 9.74. The molecule has 0 saturated heterocycles. The summed E-state index contributed by atoms with van der Waals surface area (Å²) in [6, 6.07) is 9.40. The lowest BCUT2D eigenvalue weighted by Crippen LogP contribution is -2.18. The molecule has 0 unspecified atom stereocenters. The number of ether oxygens (including phenoxy) is 3. The molecular weight excluding hydrogens is 472 g/mol. The minimum atomic E-state index is -3.88. The van der Waals surface area contributed by atoms with E-state index in [4.69, 9.17) is 30.3 Å². The van der Waals surface area contributed by atoms with Gasteiger partial charge in [0.25, 0.3) is 0 Å². The average molecular weight is 495 g/mol. The molecule has 176 valence electrons. The molecule has 0 aliphatic carbocycles. The van der Waals surface area contributed by atoms with Crippen LogP contribution in [0.3, 0.4) is 0 Å². The Labute approximate surface area is 196 Å². The molecule has 1 amide bonds. The summed E-state index contributed by atoms with van der Waals surface area (Å²) < 4.78 is 46.9. The van der Waals surface area contributed by atoms with Gasteiger partial charge in [0.1, 0.15) is 27.8 Å². The van der Waals surface area contributed by atoms with Gasteiger partial charge >= 0.3 is 0 Å². The first kappa shape index (κ1) is 24.4. The van der Waals surface area contributed by atoms with Crippen molar-refractivity contribution in [1.29, 1.82) is 0 Å². The van der Waals surface area contributed by atoms with Crippen LogP contribution in [0.2, 0.25) is 5.02 Å². The predicted octanol–water partition coefficient (Wildman–Crippen LogP) is 4.13. The molecule has 1 N–H and O–H groups in total. The summed E-state index contributed by atoms with van der Waals surface area (Å²) >= 11 is 6.22. The Morgan fingerprint density at radius 3 is 2.39 bits per heavy atom. The molecule has 0 fully saturated rings. The smallest absolute Gasteiger partial charge is 0.225 e. The van der Waals surface area contributed by atoms with Gasteiger partial charge in [-0.2, -0.15) is 0 Å². The number of aryl methyl sites for hydroxylation is 1. The Hall–Kier alpha value is -3.24. The summed E-state index contributed by atoms with van der Waals surface area (Å²) in [6.07, 6.45) is -0.317. The van der Waals surface area contributed by atoms with Crippen molar-refractivity contribution in [3.05, 3.63) is 47.1 Å². The van der Waals surface area contributed by atoms with Gasteiger partial charge in [-0.3, -0.25) is 4.79 Å². The molecule has 0 spiro atoms. The van der Waals surface area contributed by atoms with E-state index in [1.165, 1.54) is 39.5 Å². The molecule has 0 radical (unpaired) electrons. The lowest BCUT2D eigenvalue weighted by Gasteiger charge is -2.14. The first-order chi connectivity index (χ1) is 15.7. The van der Waals surface area contributed by atoms with Crippen molar-refractivity contribution in [1.82, 2.24) is 5.16 Å². The number of hydrogen-bond donors (Lipinski definition) is 1. The number of amides is 1. The van der Waals surface area contributed by atoms with Gasteiger partial charge in [0.2, 0.25) is 5.91 Å². The normalized spacial score (nSPS) is 11.2. The molecule has 0 bridgehead atoms. The summed E-state index contributed by atoms with van der Waals surface area (Å²) in [5.41, 5.74) is 1.41. The van der Waals surface area contributed by atoms with Crippen molar-refractivity contribution < 1.29 is 31.9 Å². The van der Waals surface area contributed by atoms with Crippen LogP contribution in [0.5, 0.6) is 17.2 Å². The van der Waals surface area contributed by atoms with Crippen LogP contribution in [-0.2, 0) is 14.6 Å². The van der Waals surface area contributed by atoms with E-state index in [-0.39, 0.29) is 33.5 Å². The van der Waals surface area contributed by atoms with Crippen LogP contribution in [0, 0.1) is 6.92 Å². The van der Waals surface area contributed by atoms with Gasteiger partial charge in [0, 0.05) is 30.2 Å². The van der Waals surface area contributed by atoms with Gasteiger partial charge in [-0.25, -0.2) is 8.42 Å². The number of aromatic nitrogens is 1. The van der Waals surface area contributed by atoms with Gasteiger partial charge < -0.3 is 24.1 Å². The lowest BCUT2D eigenvalue weighted by molar-refractivity contribution is -0.115. The van der Waals surface area contributed by atoms with Crippen LogP contribution in [0.1, 0.15) is 12.1 Å². The van der Waals surface area contributed by atoms with Gasteiger partial charge in [0.05, 0.1) is 37.8 Å². The fraction of sp³-hybridized carbons (Fsp3) is 0.273. The number of benzene rings is 2. The Bertz CT molecular complexity index is 1270. The SMILES string of the molecule is COc1cc(Cl)c(NC(=O)CCS(=O)(=O)c2cc(-c3cc(C)no3)ccc2OC)c(OC)c1. The van der Waals surface area contributed by atoms with E-state index in [0.717, 1.165) is 0 Å². The van der Waals surface area contributed by atoms with Crippen LogP contribution in [0.15, 0.2) is 45.8 Å². The van der Waals surface area contributed by atoms with E-state index >= 15 is 0 Å². The highest BCUT2D eigenvalue weighted by Crippen LogP contribution is 2.37. The lowest BCUT2D eigenvalue weighted by atomic mass is 10.1. The van der Waals surface area contributed by atoms with Gasteiger partial charge in [0.15, 0.2) is 15.6 Å². The maximum atomic E-state index is 13.1. The summed E-state index contributed by atoms with van der Waals surface area (Å²) in [7, 11) is 0.380. The molecule has 0 atom stereocenters. The molecule has 0 saturated carbocycles. The van der Waals surface area contributed by atoms with E-state index in [0.29, 0.717) is 22.8 Å². The minimum Gasteiger partial charge on any atom is -0.497 e. The second kappa shape index (κ2) is 10.1. The van der Waals surface area contributed by atoms with Crippen molar-refractivity contribution in [3.63, 3.8) is 0 Å². The molecule has 3 rings (SSSR count). The number of nitrogens with zero attached hydrogens (tertiary/aromatic N) is 1. The second-order valence-electron chi connectivity index (χ2n) is 7.00. The van der Waals surface area contributed by atoms with Crippen molar-refractivity contribution in [2.75, 3.05) is 32.4 Å². The number of hydrogen-bond acceptors (Lipinski definition) is 8. The molecule has 3 aromatic rings. The third-order valence-corrected chi connectivity index (χ3v) is 6.79. The molecular formula is C22H23ClN2O7S. The predicted molar refractivity (Wildman–Crippen MR) is 123 cm³/mol. The molecule has 1 aromatic heterocycles. The van der Waals surface area contributed by atoms with Crippen molar-refractivity contribution in [2.24, 2.45) is 0 Å². The largest absolute Gasteiger partial charge is 0.497 e. The summed E-state index contributed by atoms with van der Waals surface area (Å²) in [4.78, 5) is 12.5. The summed E-state index contributed by atoms with van der Waals surface area (Å²) in [6.45, 7) is 1.76. The highest BCUT2D eigenvalue weighted by molar-refractivity contribution is 7.91. The zero-order valence-electron chi connectivity index (χ0n) is 18.5. The number of carbonyl (C=O) groups excluding carboxylic acids is 1. The third-order valence-electron chi connectivity index (χ3n) is 4.76. The van der Waals surface area contributed by atoms with Gasteiger partial charge in [-0.15, -0.1) is 0 Å². The molecule has 33 heavy (non-hydrogen) atoms. The number of rotatable bonds is 9. The molecule has 0 aliphatic heterocycles. The number of sulfone groups is 1. The van der Waals surface area contributed by atoms with Crippen LogP contribution in [-0.4, -0.2) is 46.6 Å². The number of anilines is 1. The topological polar surface area (TPSA) is 117 Å². The van der Waals surface area contributed by atoms with Crippen molar-refractivity contribution >= 4 is 33.0 Å². The van der Waals surface area contributed by atoms with E-state index in [9.17, 15) is 13.2 Å². The Kier molecular flexibility index (Phi) is 7.50. The minimum absolute atomic E-state index is 0.0515. The third kappa shape index (κ3) is 5.58. The molecule has 9 nitrogen and oxygen atoms in total. The van der Waals surface area contributed by atoms with Crippen molar-refractivity contribution in [3.8, 4) is 28.6 Å². The Morgan fingerprint density at radius 2 is 1.79 bits per heavy atom. The molecule has 2 aromatic carbocycles. The van der Waals surface area contributed by atoms with E-state index < -0.39 is 21.5 Å². The van der Waals surface area contributed by atoms with Gasteiger partial charge in [-0.05, 0) is 25.1 Å². The van der Waals surface area contributed by atoms with Crippen LogP contribution in [0.4, 0.5) is 5.69 Å². The quantitative estimate of drug-likeness (QED) is 0.472. The highest BCUT2D eigenvalue weighted by atomic mass is 35.5. The van der Waals surface area contributed by atoms with E-state index in [1.807, 2.05) is 0 Å².